The molecule has 3 fully saturated rings. The van der Waals surface area contributed by atoms with Crippen LogP contribution in [0.1, 0.15) is 59.3 Å². The quantitative estimate of drug-likeness (QED) is 0.306. The van der Waals surface area contributed by atoms with Crippen molar-refractivity contribution in [2.24, 2.45) is 28.6 Å². The summed E-state index contributed by atoms with van der Waals surface area (Å²) < 4.78 is 5.42. The minimum absolute atomic E-state index is 0.0158. The van der Waals surface area contributed by atoms with E-state index in [-0.39, 0.29) is 46.3 Å². The number of rotatable bonds is 5. The predicted octanol–water partition coefficient (Wildman–Crippen LogP) is 2.96. The van der Waals surface area contributed by atoms with Crippen molar-refractivity contribution >= 4 is 29.4 Å². The van der Waals surface area contributed by atoms with Crippen molar-refractivity contribution < 1.29 is 24.2 Å². The van der Waals surface area contributed by atoms with Crippen molar-refractivity contribution in [2.45, 2.75) is 70.8 Å². The number of imide groups is 1. The number of fused-ring (bicyclic) bond motifs is 1. The van der Waals surface area contributed by atoms with Gasteiger partial charge in [-0.05, 0) is 49.4 Å². The number of aliphatic hydroxyl groups excluding tert-OH is 1. The molecule has 2 amide bonds. The van der Waals surface area contributed by atoms with E-state index in [0.29, 0.717) is 13.0 Å². The van der Waals surface area contributed by atoms with Gasteiger partial charge in [0.25, 0.3) is 0 Å². The molecular formula is C22H32ClNO5. The number of carbonyl (C=O) groups is 3. The molecule has 29 heavy (non-hydrogen) atoms. The fourth-order valence-corrected chi connectivity index (χ4v) is 7.01. The highest BCUT2D eigenvalue weighted by Crippen LogP contribution is 2.62. The minimum atomic E-state index is -0.908. The normalized spacial score (nSPS) is 40.9. The topological polar surface area (TPSA) is 92.7 Å². The van der Waals surface area contributed by atoms with Crippen molar-refractivity contribution in [2.75, 3.05) is 6.61 Å². The second-order valence-corrected chi connectivity index (χ2v) is 10.4. The van der Waals surface area contributed by atoms with Gasteiger partial charge in [-0.2, -0.15) is 0 Å². The summed E-state index contributed by atoms with van der Waals surface area (Å²) in [5, 5.41) is 13.0. The van der Waals surface area contributed by atoms with E-state index in [4.69, 9.17) is 16.3 Å². The van der Waals surface area contributed by atoms with Crippen molar-refractivity contribution in [1.82, 2.24) is 5.32 Å². The van der Waals surface area contributed by atoms with E-state index in [1.807, 2.05) is 0 Å². The van der Waals surface area contributed by atoms with Gasteiger partial charge in [0.2, 0.25) is 11.8 Å². The first-order valence-corrected chi connectivity index (χ1v) is 10.9. The average molecular weight is 426 g/mol. The van der Waals surface area contributed by atoms with Crippen LogP contribution in [0.2, 0.25) is 0 Å². The smallest absolute Gasteiger partial charge is 0.302 e. The van der Waals surface area contributed by atoms with Crippen LogP contribution in [0.3, 0.4) is 0 Å². The molecule has 0 bridgehead atoms. The summed E-state index contributed by atoms with van der Waals surface area (Å²) in [4.78, 5) is 35.0. The van der Waals surface area contributed by atoms with Crippen molar-refractivity contribution in [3.63, 3.8) is 0 Å². The number of hydrogen-bond donors (Lipinski definition) is 2. The zero-order valence-electron chi connectivity index (χ0n) is 17.5. The Kier molecular flexibility index (Phi) is 6.17. The molecule has 0 spiro atoms. The summed E-state index contributed by atoms with van der Waals surface area (Å²) in [6.45, 7) is 10.4. The minimum Gasteiger partial charge on any atom is -0.465 e. The lowest BCUT2D eigenvalue weighted by molar-refractivity contribution is -0.153. The van der Waals surface area contributed by atoms with Gasteiger partial charge < -0.3 is 9.84 Å². The summed E-state index contributed by atoms with van der Waals surface area (Å²) in [5.74, 6) is -1.50. The van der Waals surface area contributed by atoms with Gasteiger partial charge in [0.1, 0.15) is 0 Å². The maximum atomic E-state index is 12.0. The van der Waals surface area contributed by atoms with Crippen LogP contribution in [0, 0.1) is 28.6 Å². The van der Waals surface area contributed by atoms with E-state index in [1.165, 1.54) is 6.92 Å². The molecule has 0 aromatic carbocycles. The largest absolute Gasteiger partial charge is 0.465 e. The monoisotopic (exact) mass is 425 g/mol. The van der Waals surface area contributed by atoms with E-state index >= 15 is 0 Å². The van der Waals surface area contributed by atoms with Crippen LogP contribution in [0.15, 0.2) is 12.2 Å². The zero-order valence-corrected chi connectivity index (χ0v) is 18.3. The van der Waals surface area contributed by atoms with Crippen molar-refractivity contribution in [1.29, 1.82) is 0 Å². The molecule has 0 aromatic heterocycles. The van der Waals surface area contributed by atoms with Crippen molar-refractivity contribution in [3.05, 3.63) is 12.2 Å². The molecule has 7 heteroatoms. The second-order valence-electron chi connectivity index (χ2n) is 9.77. The summed E-state index contributed by atoms with van der Waals surface area (Å²) in [7, 11) is 0. The molecule has 7 atom stereocenters. The molecule has 3 aliphatic rings. The second kappa shape index (κ2) is 8.03. The highest BCUT2D eigenvalue weighted by Gasteiger charge is 2.57. The Bertz CT molecular complexity index is 724. The number of esters is 1. The van der Waals surface area contributed by atoms with Gasteiger partial charge in [-0.3, -0.25) is 19.7 Å². The lowest BCUT2D eigenvalue weighted by atomic mass is 9.46. The van der Waals surface area contributed by atoms with Gasteiger partial charge in [-0.15, -0.1) is 11.6 Å². The summed E-state index contributed by atoms with van der Waals surface area (Å²) in [6.07, 6.45) is 2.81. The molecule has 1 saturated heterocycles. The molecule has 6 nitrogen and oxygen atoms in total. The number of allylic oxidation sites excluding steroid dienone is 1. The van der Waals surface area contributed by atoms with Gasteiger partial charge in [-0.25, -0.2) is 0 Å². The number of nitrogens with one attached hydrogen (secondary N) is 1. The van der Waals surface area contributed by atoms with E-state index in [2.05, 4.69) is 25.7 Å². The molecule has 0 radical (unpaired) electrons. The summed E-state index contributed by atoms with van der Waals surface area (Å²) >= 11 is 6.70. The Morgan fingerprint density at radius 1 is 1.38 bits per heavy atom. The number of aliphatic hydroxyl groups is 1. The maximum Gasteiger partial charge on any atom is 0.302 e. The van der Waals surface area contributed by atoms with Crippen LogP contribution in [0.5, 0.6) is 0 Å². The van der Waals surface area contributed by atoms with Gasteiger partial charge >= 0.3 is 5.97 Å². The molecule has 2 aliphatic carbocycles. The summed E-state index contributed by atoms with van der Waals surface area (Å²) in [5.41, 5.74) is 0.582. The molecular weight excluding hydrogens is 394 g/mol. The first-order chi connectivity index (χ1) is 13.5. The number of amides is 2. The van der Waals surface area contributed by atoms with Crippen LogP contribution >= 0.6 is 11.6 Å². The maximum absolute atomic E-state index is 12.0. The zero-order chi connectivity index (χ0) is 21.6. The first kappa shape index (κ1) is 22.3. The molecule has 2 saturated carbocycles. The Morgan fingerprint density at radius 2 is 2.07 bits per heavy atom. The number of ether oxygens (including phenoxy) is 1. The first-order valence-electron chi connectivity index (χ1n) is 10.4. The molecule has 162 valence electrons. The molecule has 0 aromatic rings. The van der Waals surface area contributed by atoms with Crippen LogP contribution in [0.25, 0.3) is 0 Å². The van der Waals surface area contributed by atoms with Crippen molar-refractivity contribution in [3.8, 4) is 0 Å². The third-order valence-electron chi connectivity index (χ3n) is 7.58. The predicted molar refractivity (Wildman–Crippen MR) is 109 cm³/mol. The highest BCUT2D eigenvalue weighted by atomic mass is 35.5. The van der Waals surface area contributed by atoms with Gasteiger partial charge in [-0.1, -0.05) is 26.0 Å². The Morgan fingerprint density at radius 3 is 2.66 bits per heavy atom. The van der Waals surface area contributed by atoms with Gasteiger partial charge in [0.15, 0.2) is 0 Å². The van der Waals surface area contributed by atoms with E-state index in [1.54, 1.807) is 0 Å². The third kappa shape index (κ3) is 4.24. The van der Waals surface area contributed by atoms with E-state index in [9.17, 15) is 19.5 Å². The highest BCUT2D eigenvalue weighted by molar-refractivity contribution is 6.20. The Labute approximate surface area is 177 Å². The lowest BCUT2D eigenvalue weighted by Crippen LogP contribution is -2.55. The lowest BCUT2D eigenvalue weighted by Gasteiger charge is -2.60. The fourth-order valence-electron chi connectivity index (χ4n) is 6.32. The third-order valence-corrected chi connectivity index (χ3v) is 7.89. The Hall–Kier alpha value is -1.40. The van der Waals surface area contributed by atoms with Crippen LogP contribution in [-0.2, 0) is 19.1 Å². The molecule has 1 heterocycles. The van der Waals surface area contributed by atoms with Gasteiger partial charge in [0, 0.05) is 24.1 Å². The van der Waals surface area contributed by atoms with E-state index < -0.39 is 17.9 Å². The standard InChI is InChI=1S/C22H32ClNO5/c1-12-5-6-18-21(3,11-29-13(2)25)9-14(23)10-22(18,4)16(12)8-17(26)15-7-19(27)24-20(15)28/h14-18,26H,1,5-11H2,2-4H3,(H,24,27,28)/t14-,15+,16-,17-,18-,21-,22+/m0/s1. The molecule has 3 rings (SSSR count). The number of carbonyl (C=O) groups excluding carboxylic acids is 3. The fraction of sp³-hybridized carbons (Fsp3) is 0.773. The number of halogens is 1. The van der Waals surface area contributed by atoms with Gasteiger partial charge in [0.05, 0.1) is 18.6 Å². The number of alkyl halides is 1. The summed E-state index contributed by atoms with van der Waals surface area (Å²) in [6, 6.07) is 0. The molecule has 0 unspecified atom stereocenters. The molecule has 2 N–H and O–H groups in total. The number of hydrogen-bond acceptors (Lipinski definition) is 5. The van der Waals surface area contributed by atoms with Crippen LogP contribution in [-0.4, -0.2) is 41.0 Å². The molecule has 1 aliphatic heterocycles. The average Bonchev–Trinajstić information content (AvgIpc) is 2.94. The van der Waals surface area contributed by atoms with Crippen LogP contribution < -0.4 is 5.32 Å². The Balaban J connectivity index is 1.85. The SMILES string of the molecule is C=C1CC[C@H]2[C@](C)(COC(C)=O)C[C@H](Cl)C[C@]2(C)[C@H]1C[C@H](O)[C@H]1CC(=O)NC1=O. The van der Waals surface area contributed by atoms with Crippen LogP contribution in [0.4, 0.5) is 0 Å². The van der Waals surface area contributed by atoms with E-state index in [0.717, 1.165) is 31.3 Å².